The van der Waals surface area contributed by atoms with Gasteiger partial charge in [-0.1, -0.05) is 0 Å². The number of hydrogen-bond donors (Lipinski definition) is 0. The Hall–Kier alpha value is -1.33. The second-order valence-electron chi connectivity index (χ2n) is 6.06. The van der Waals surface area contributed by atoms with Gasteiger partial charge in [0.15, 0.2) is 0 Å². The molecule has 3 rings (SSSR count). The Morgan fingerprint density at radius 1 is 1.43 bits per heavy atom. The maximum Gasteiger partial charge on any atom is 0.257 e. The Bertz CT molecular complexity index is 526. The average molecular weight is 293 g/mol. The van der Waals surface area contributed by atoms with Crippen LogP contribution in [0.1, 0.15) is 41.8 Å². The standard InChI is InChI=1S/C16H23NO4/c1-11-13(5-9-21-11)15(18)17-8-7-16(20-3)6-4-12(19-2)10-14(16)17/h5,9,12,14H,4,6-8,10H2,1-3H3/t12-,14+,16-/m1/s1. The van der Waals surface area contributed by atoms with E-state index in [0.29, 0.717) is 11.3 Å². The predicted molar refractivity (Wildman–Crippen MR) is 77.3 cm³/mol. The Morgan fingerprint density at radius 2 is 2.24 bits per heavy atom. The average Bonchev–Trinajstić information content (AvgIpc) is 3.10. The zero-order chi connectivity index (χ0) is 15.0. The number of nitrogens with zero attached hydrogens (tertiary/aromatic N) is 1. The van der Waals surface area contributed by atoms with Crippen LogP contribution < -0.4 is 0 Å². The van der Waals surface area contributed by atoms with E-state index >= 15 is 0 Å². The van der Waals surface area contributed by atoms with Crippen molar-refractivity contribution in [2.45, 2.75) is 50.4 Å². The molecule has 1 amide bonds. The maximum absolute atomic E-state index is 12.8. The molecule has 2 aliphatic rings. The van der Waals surface area contributed by atoms with Gasteiger partial charge >= 0.3 is 0 Å². The van der Waals surface area contributed by atoms with Crippen LogP contribution in [-0.2, 0) is 9.47 Å². The lowest BCUT2D eigenvalue weighted by Gasteiger charge is -2.43. The molecule has 1 saturated carbocycles. The number of carbonyl (C=O) groups is 1. The summed E-state index contributed by atoms with van der Waals surface area (Å²) in [5.74, 6) is 0.718. The van der Waals surface area contributed by atoms with Gasteiger partial charge in [0.2, 0.25) is 0 Å². The monoisotopic (exact) mass is 293 g/mol. The third-order valence-corrected chi connectivity index (χ3v) is 5.22. The number of fused-ring (bicyclic) bond motifs is 1. The van der Waals surface area contributed by atoms with E-state index < -0.39 is 0 Å². The molecule has 0 radical (unpaired) electrons. The van der Waals surface area contributed by atoms with Crippen molar-refractivity contribution in [3.8, 4) is 0 Å². The number of likely N-dealkylation sites (tertiary alicyclic amines) is 1. The molecule has 2 fully saturated rings. The normalized spacial score (nSPS) is 32.2. The number of methoxy groups -OCH3 is 2. The number of hydrogen-bond acceptors (Lipinski definition) is 4. The van der Waals surface area contributed by atoms with Gasteiger partial charge in [0.1, 0.15) is 5.76 Å². The summed E-state index contributed by atoms with van der Waals surface area (Å²) in [6.07, 6.45) is 5.45. The molecule has 0 spiro atoms. The van der Waals surface area contributed by atoms with Crippen LogP contribution >= 0.6 is 0 Å². The van der Waals surface area contributed by atoms with Gasteiger partial charge in [-0.25, -0.2) is 0 Å². The van der Waals surface area contributed by atoms with E-state index in [-0.39, 0.29) is 23.7 Å². The van der Waals surface area contributed by atoms with Gasteiger partial charge in [-0.05, 0) is 38.7 Å². The fraction of sp³-hybridized carbons (Fsp3) is 0.688. The molecule has 1 aliphatic carbocycles. The van der Waals surface area contributed by atoms with E-state index in [9.17, 15) is 4.79 Å². The molecular formula is C16H23NO4. The van der Waals surface area contributed by atoms with Crippen LogP contribution in [0.4, 0.5) is 0 Å². The second kappa shape index (κ2) is 5.46. The summed E-state index contributed by atoms with van der Waals surface area (Å²) in [5.41, 5.74) is 0.448. The van der Waals surface area contributed by atoms with Gasteiger partial charge in [0, 0.05) is 20.8 Å². The van der Waals surface area contributed by atoms with Crippen molar-refractivity contribution in [1.29, 1.82) is 0 Å². The molecule has 1 aromatic rings. The zero-order valence-corrected chi connectivity index (χ0v) is 12.9. The largest absolute Gasteiger partial charge is 0.469 e. The minimum Gasteiger partial charge on any atom is -0.469 e. The van der Waals surface area contributed by atoms with E-state index in [4.69, 9.17) is 13.9 Å². The summed E-state index contributed by atoms with van der Waals surface area (Å²) in [5, 5.41) is 0. The van der Waals surface area contributed by atoms with Crippen molar-refractivity contribution in [1.82, 2.24) is 4.90 Å². The molecule has 0 unspecified atom stereocenters. The van der Waals surface area contributed by atoms with Crippen molar-refractivity contribution in [3.63, 3.8) is 0 Å². The van der Waals surface area contributed by atoms with Crippen molar-refractivity contribution < 1.29 is 18.7 Å². The van der Waals surface area contributed by atoms with E-state index in [1.54, 1.807) is 26.5 Å². The van der Waals surface area contributed by atoms with Crippen molar-refractivity contribution in [3.05, 3.63) is 23.7 Å². The van der Waals surface area contributed by atoms with Gasteiger partial charge in [0.25, 0.3) is 5.91 Å². The smallest absolute Gasteiger partial charge is 0.257 e. The molecule has 2 heterocycles. The first-order chi connectivity index (χ1) is 10.1. The van der Waals surface area contributed by atoms with E-state index in [1.165, 1.54) is 0 Å². The van der Waals surface area contributed by atoms with E-state index in [1.807, 2.05) is 11.8 Å². The molecule has 116 valence electrons. The van der Waals surface area contributed by atoms with Crippen LogP contribution in [-0.4, -0.2) is 49.3 Å². The third-order valence-electron chi connectivity index (χ3n) is 5.22. The van der Waals surface area contributed by atoms with Crippen LogP contribution in [0.25, 0.3) is 0 Å². The maximum atomic E-state index is 12.8. The number of aryl methyl sites for hydroxylation is 1. The molecule has 21 heavy (non-hydrogen) atoms. The summed E-state index contributed by atoms with van der Waals surface area (Å²) < 4.78 is 16.6. The van der Waals surface area contributed by atoms with Crippen molar-refractivity contribution in [2.24, 2.45) is 0 Å². The van der Waals surface area contributed by atoms with Crippen LogP contribution in [0.5, 0.6) is 0 Å². The number of furan rings is 1. The highest BCUT2D eigenvalue weighted by atomic mass is 16.5. The lowest BCUT2D eigenvalue weighted by Crippen LogP contribution is -2.53. The molecule has 3 atom stereocenters. The SMILES string of the molecule is CO[C@@H]1CC[C@@]2(OC)CCN(C(=O)c3ccoc3C)[C@H]2C1. The third kappa shape index (κ3) is 2.28. The van der Waals surface area contributed by atoms with Gasteiger partial charge in [-0.3, -0.25) is 4.79 Å². The molecule has 0 bridgehead atoms. The minimum absolute atomic E-state index is 0.0435. The fourth-order valence-electron chi connectivity index (χ4n) is 3.88. The zero-order valence-electron chi connectivity index (χ0n) is 12.9. The summed E-state index contributed by atoms with van der Waals surface area (Å²) in [7, 11) is 3.50. The molecule has 5 nitrogen and oxygen atoms in total. The Labute approximate surface area is 125 Å². The van der Waals surface area contributed by atoms with E-state index in [0.717, 1.165) is 32.2 Å². The number of amides is 1. The Balaban J connectivity index is 1.86. The van der Waals surface area contributed by atoms with E-state index in [2.05, 4.69) is 0 Å². The molecule has 0 N–H and O–H groups in total. The number of carbonyl (C=O) groups excluding carboxylic acids is 1. The number of ether oxygens (including phenoxy) is 2. The Kier molecular flexibility index (Phi) is 3.80. The first kappa shape index (κ1) is 14.6. The van der Waals surface area contributed by atoms with Gasteiger partial charge in [-0.2, -0.15) is 0 Å². The molecule has 1 aliphatic heterocycles. The summed E-state index contributed by atoms with van der Waals surface area (Å²) in [6.45, 7) is 2.56. The van der Waals surface area contributed by atoms with Crippen molar-refractivity contribution >= 4 is 5.91 Å². The van der Waals surface area contributed by atoms with Crippen LogP contribution in [0.15, 0.2) is 16.7 Å². The highest BCUT2D eigenvalue weighted by Crippen LogP contribution is 2.43. The molecule has 5 heteroatoms. The van der Waals surface area contributed by atoms with Crippen LogP contribution in [0.2, 0.25) is 0 Å². The molecule has 1 aromatic heterocycles. The first-order valence-electron chi connectivity index (χ1n) is 7.54. The number of rotatable bonds is 3. The topological polar surface area (TPSA) is 51.9 Å². The van der Waals surface area contributed by atoms with Gasteiger partial charge in [0.05, 0.1) is 29.6 Å². The first-order valence-corrected chi connectivity index (χ1v) is 7.54. The predicted octanol–water partition coefficient (Wildman–Crippen LogP) is 2.39. The van der Waals surface area contributed by atoms with Crippen LogP contribution in [0, 0.1) is 6.92 Å². The van der Waals surface area contributed by atoms with Gasteiger partial charge < -0.3 is 18.8 Å². The van der Waals surface area contributed by atoms with Crippen LogP contribution in [0.3, 0.4) is 0 Å². The highest BCUT2D eigenvalue weighted by Gasteiger charge is 2.52. The minimum atomic E-state index is -0.206. The Morgan fingerprint density at radius 3 is 2.86 bits per heavy atom. The quantitative estimate of drug-likeness (QED) is 0.858. The lowest BCUT2D eigenvalue weighted by atomic mass is 9.79. The molecular weight excluding hydrogens is 270 g/mol. The highest BCUT2D eigenvalue weighted by molar-refractivity contribution is 5.95. The molecule has 1 saturated heterocycles. The summed E-state index contributed by atoms with van der Waals surface area (Å²) >= 11 is 0. The second-order valence-corrected chi connectivity index (χ2v) is 6.06. The summed E-state index contributed by atoms with van der Waals surface area (Å²) in [4.78, 5) is 14.8. The van der Waals surface area contributed by atoms with Gasteiger partial charge in [-0.15, -0.1) is 0 Å². The molecule has 0 aromatic carbocycles. The van der Waals surface area contributed by atoms with Crippen molar-refractivity contribution in [2.75, 3.05) is 20.8 Å². The fourth-order valence-corrected chi connectivity index (χ4v) is 3.88. The summed E-state index contributed by atoms with van der Waals surface area (Å²) in [6, 6.07) is 1.84. The lowest BCUT2D eigenvalue weighted by molar-refractivity contribution is -0.0893.